The highest BCUT2D eigenvalue weighted by molar-refractivity contribution is 5.91. The molecule has 0 fully saturated rings. The maximum atomic E-state index is 12.3. The first-order valence-corrected chi connectivity index (χ1v) is 8.85. The number of fused-ring (bicyclic) bond motifs is 1. The van der Waals surface area contributed by atoms with Gasteiger partial charge >= 0.3 is 6.09 Å². The van der Waals surface area contributed by atoms with Crippen LogP contribution in [0.25, 0.3) is 0 Å². The lowest BCUT2D eigenvalue weighted by atomic mass is 10.1. The summed E-state index contributed by atoms with van der Waals surface area (Å²) in [6.07, 6.45) is 0.110. The van der Waals surface area contributed by atoms with Gasteiger partial charge in [-0.2, -0.15) is 5.10 Å². The van der Waals surface area contributed by atoms with E-state index >= 15 is 0 Å². The molecule has 1 N–H and O–H groups in total. The highest BCUT2D eigenvalue weighted by Gasteiger charge is 2.24. The van der Waals surface area contributed by atoms with Crippen LogP contribution in [0.5, 0.6) is 0 Å². The molecule has 2 amide bonds. The Bertz CT molecular complexity index is 922. The largest absolute Gasteiger partial charge is 0.450 e. The topological polar surface area (TPSA) is 93.5 Å². The van der Waals surface area contributed by atoms with Crippen LogP contribution in [-0.2, 0) is 29.0 Å². The Kier molecular flexibility index (Phi) is 5.54. The van der Waals surface area contributed by atoms with Crippen molar-refractivity contribution in [3.8, 4) is 0 Å². The lowest BCUT2D eigenvalue weighted by molar-refractivity contribution is -0.117. The van der Waals surface area contributed by atoms with Crippen molar-refractivity contribution in [1.29, 1.82) is 0 Å². The Morgan fingerprint density at radius 3 is 2.81 bits per heavy atom. The van der Waals surface area contributed by atoms with Gasteiger partial charge in [0.05, 0.1) is 18.8 Å². The van der Waals surface area contributed by atoms with Crippen LogP contribution in [0.3, 0.4) is 0 Å². The summed E-state index contributed by atoms with van der Waals surface area (Å²) < 4.78 is 6.16. The molecular formula is C19H22N4O4. The standard InChI is InChI=1S/C19H22N4O4/c1-3-27-19(26)22-9-8-16-14(11-22)10-18(25)23(21-16)12-17(24)20-15-7-5-4-6-13(15)2/h4-7,10H,3,8-9,11-12H2,1-2H3,(H,20,24). The summed E-state index contributed by atoms with van der Waals surface area (Å²) in [4.78, 5) is 38.0. The molecule has 0 aliphatic carbocycles. The smallest absolute Gasteiger partial charge is 0.410 e. The van der Waals surface area contributed by atoms with Gasteiger partial charge in [-0.25, -0.2) is 9.48 Å². The Balaban J connectivity index is 1.72. The van der Waals surface area contributed by atoms with Gasteiger partial charge in [0.15, 0.2) is 0 Å². The molecule has 3 rings (SSSR count). The minimum absolute atomic E-state index is 0.165. The number of aryl methyl sites for hydroxylation is 1. The SMILES string of the molecule is CCOC(=O)N1CCc2nn(CC(=O)Nc3ccccc3C)c(=O)cc2C1. The molecule has 142 valence electrons. The third kappa shape index (κ3) is 4.33. The predicted molar refractivity (Wildman–Crippen MR) is 99.4 cm³/mol. The van der Waals surface area contributed by atoms with Gasteiger partial charge in [-0.3, -0.25) is 9.59 Å². The van der Waals surface area contributed by atoms with E-state index in [1.165, 1.54) is 6.07 Å². The van der Waals surface area contributed by atoms with E-state index < -0.39 is 6.09 Å². The van der Waals surface area contributed by atoms with E-state index in [0.29, 0.717) is 30.8 Å². The Labute approximate surface area is 156 Å². The van der Waals surface area contributed by atoms with Gasteiger partial charge < -0.3 is 15.0 Å². The second kappa shape index (κ2) is 8.03. The van der Waals surface area contributed by atoms with Crippen LogP contribution >= 0.6 is 0 Å². The Morgan fingerprint density at radius 2 is 2.07 bits per heavy atom. The number of aromatic nitrogens is 2. The summed E-state index contributed by atoms with van der Waals surface area (Å²) in [5.41, 5.74) is 2.68. The molecule has 8 nitrogen and oxygen atoms in total. The van der Waals surface area contributed by atoms with Crippen molar-refractivity contribution in [3.05, 3.63) is 57.5 Å². The molecule has 2 heterocycles. The first-order chi connectivity index (χ1) is 13.0. The van der Waals surface area contributed by atoms with Crippen molar-refractivity contribution in [1.82, 2.24) is 14.7 Å². The van der Waals surface area contributed by atoms with Gasteiger partial charge in [-0.05, 0) is 25.5 Å². The number of hydrogen-bond donors (Lipinski definition) is 1. The molecule has 0 saturated carbocycles. The van der Waals surface area contributed by atoms with Crippen LogP contribution in [0, 0.1) is 6.92 Å². The molecule has 2 aromatic rings. The fourth-order valence-electron chi connectivity index (χ4n) is 2.96. The van der Waals surface area contributed by atoms with Crippen LogP contribution in [0.15, 0.2) is 35.1 Å². The number of para-hydroxylation sites is 1. The van der Waals surface area contributed by atoms with E-state index in [2.05, 4.69) is 10.4 Å². The zero-order valence-electron chi connectivity index (χ0n) is 15.4. The fourth-order valence-corrected chi connectivity index (χ4v) is 2.96. The van der Waals surface area contributed by atoms with Crippen molar-refractivity contribution in [2.45, 2.75) is 33.4 Å². The summed E-state index contributed by atoms with van der Waals surface area (Å²) in [5.74, 6) is -0.317. The minimum atomic E-state index is -0.398. The predicted octanol–water partition coefficient (Wildman–Crippen LogP) is 1.71. The zero-order valence-corrected chi connectivity index (χ0v) is 15.4. The number of carbonyl (C=O) groups excluding carboxylic acids is 2. The van der Waals surface area contributed by atoms with Crippen LogP contribution < -0.4 is 10.9 Å². The molecule has 0 spiro atoms. The molecule has 1 aromatic carbocycles. The van der Waals surface area contributed by atoms with Gasteiger partial charge in [0.2, 0.25) is 5.91 Å². The van der Waals surface area contributed by atoms with E-state index in [0.717, 1.165) is 15.9 Å². The second-order valence-electron chi connectivity index (χ2n) is 6.35. The molecule has 1 aliphatic heterocycles. The zero-order chi connectivity index (χ0) is 19.4. The van der Waals surface area contributed by atoms with Crippen LogP contribution in [-0.4, -0.2) is 39.8 Å². The molecular weight excluding hydrogens is 348 g/mol. The van der Waals surface area contributed by atoms with E-state index in [1.54, 1.807) is 17.9 Å². The minimum Gasteiger partial charge on any atom is -0.450 e. The number of ether oxygens (including phenoxy) is 1. The van der Waals surface area contributed by atoms with Gasteiger partial charge in [-0.1, -0.05) is 18.2 Å². The van der Waals surface area contributed by atoms with Gasteiger partial charge in [-0.15, -0.1) is 0 Å². The lowest BCUT2D eigenvalue weighted by Crippen LogP contribution is -2.39. The van der Waals surface area contributed by atoms with Gasteiger partial charge in [0.25, 0.3) is 5.56 Å². The first kappa shape index (κ1) is 18.6. The summed E-state index contributed by atoms with van der Waals surface area (Å²) in [6, 6.07) is 8.87. The molecule has 27 heavy (non-hydrogen) atoms. The third-order valence-electron chi connectivity index (χ3n) is 4.38. The van der Waals surface area contributed by atoms with Crippen molar-refractivity contribution < 1.29 is 14.3 Å². The second-order valence-corrected chi connectivity index (χ2v) is 6.35. The maximum Gasteiger partial charge on any atom is 0.410 e. The lowest BCUT2D eigenvalue weighted by Gasteiger charge is -2.27. The summed E-state index contributed by atoms with van der Waals surface area (Å²) in [7, 11) is 0. The van der Waals surface area contributed by atoms with E-state index in [1.807, 2.05) is 25.1 Å². The highest BCUT2D eigenvalue weighted by Crippen LogP contribution is 2.16. The molecule has 0 radical (unpaired) electrons. The molecule has 8 heteroatoms. The van der Waals surface area contributed by atoms with E-state index in [4.69, 9.17) is 4.74 Å². The van der Waals surface area contributed by atoms with E-state index in [-0.39, 0.29) is 24.6 Å². The van der Waals surface area contributed by atoms with Crippen molar-refractivity contribution in [3.63, 3.8) is 0 Å². The number of anilines is 1. The maximum absolute atomic E-state index is 12.3. The van der Waals surface area contributed by atoms with E-state index in [9.17, 15) is 14.4 Å². The average Bonchev–Trinajstić information content (AvgIpc) is 2.64. The first-order valence-electron chi connectivity index (χ1n) is 8.85. The average molecular weight is 370 g/mol. The monoisotopic (exact) mass is 370 g/mol. The van der Waals surface area contributed by atoms with Crippen molar-refractivity contribution in [2.75, 3.05) is 18.5 Å². The normalized spacial score (nSPS) is 13.0. The van der Waals surface area contributed by atoms with Crippen molar-refractivity contribution >= 4 is 17.7 Å². The number of carbonyl (C=O) groups is 2. The molecule has 1 aromatic heterocycles. The molecule has 1 aliphatic rings. The summed E-state index contributed by atoms with van der Waals surface area (Å²) in [6.45, 7) is 4.53. The van der Waals surface area contributed by atoms with Gasteiger partial charge in [0.1, 0.15) is 6.54 Å². The fraction of sp³-hybridized carbons (Fsp3) is 0.368. The molecule has 0 bridgehead atoms. The third-order valence-corrected chi connectivity index (χ3v) is 4.38. The van der Waals surface area contributed by atoms with Crippen LogP contribution in [0.4, 0.5) is 10.5 Å². The molecule has 0 saturated heterocycles. The number of rotatable bonds is 4. The quantitative estimate of drug-likeness (QED) is 0.884. The summed E-state index contributed by atoms with van der Waals surface area (Å²) >= 11 is 0. The van der Waals surface area contributed by atoms with Crippen LogP contribution in [0.1, 0.15) is 23.7 Å². The van der Waals surface area contributed by atoms with Crippen molar-refractivity contribution in [2.24, 2.45) is 0 Å². The Hall–Kier alpha value is -3.16. The number of nitrogens with one attached hydrogen (secondary N) is 1. The Morgan fingerprint density at radius 1 is 1.30 bits per heavy atom. The highest BCUT2D eigenvalue weighted by atomic mass is 16.6. The summed E-state index contributed by atoms with van der Waals surface area (Å²) in [5, 5.41) is 7.12. The number of amides is 2. The van der Waals surface area contributed by atoms with Crippen LogP contribution in [0.2, 0.25) is 0 Å². The number of nitrogens with zero attached hydrogens (tertiary/aromatic N) is 3. The molecule has 0 unspecified atom stereocenters. The molecule has 0 atom stereocenters. The van der Waals surface area contributed by atoms with Gasteiger partial charge in [0, 0.05) is 30.3 Å². The number of benzene rings is 1. The number of hydrogen-bond acceptors (Lipinski definition) is 5.